The molecule has 0 spiro atoms. The van der Waals surface area contributed by atoms with Gasteiger partial charge in [0.1, 0.15) is 11.3 Å². The van der Waals surface area contributed by atoms with E-state index < -0.39 is 6.04 Å². The molecule has 25 heavy (non-hydrogen) atoms. The second-order valence-electron chi connectivity index (χ2n) is 5.88. The molecule has 1 amide bonds. The monoisotopic (exact) mass is 399 g/mol. The van der Waals surface area contributed by atoms with Gasteiger partial charge in [0, 0.05) is 17.1 Å². The minimum Gasteiger partial charge on any atom is -0.496 e. The zero-order chi connectivity index (χ0) is 17.7. The number of hydrogen-bond acceptors (Lipinski definition) is 4. The average Bonchev–Trinajstić information content (AvgIpc) is 2.87. The lowest BCUT2D eigenvalue weighted by Crippen LogP contribution is -2.25. The molecule has 126 valence electrons. The maximum atomic E-state index is 13.1. The maximum Gasteiger partial charge on any atom is 0.290 e. The number of carbonyl (C=O) groups excluding carboxylic acids is 1. The van der Waals surface area contributed by atoms with Crippen LogP contribution in [0.15, 0.2) is 56.1 Å². The minimum absolute atomic E-state index is 0.0956. The van der Waals surface area contributed by atoms with Crippen LogP contribution in [0, 0.1) is 0 Å². The van der Waals surface area contributed by atoms with Crippen molar-refractivity contribution in [2.45, 2.75) is 6.04 Å². The lowest BCUT2D eigenvalue weighted by atomic mass is 9.98. The van der Waals surface area contributed by atoms with Crippen LogP contribution in [-0.4, -0.2) is 25.0 Å². The standard InChI is InChI=1S/C19H14BrNO4/c1-21-16(11-5-3-4-6-13(11)24-2)15-17(22)12-9-10(20)7-8-14(12)25-18(15)19(21)23/h3-9,16H,1-2H3. The highest BCUT2D eigenvalue weighted by Crippen LogP contribution is 2.40. The van der Waals surface area contributed by atoms with E-state index in [2.05, 4.69) is 15.9 Å². The molecular formula is C19H14BrNO4. The molecular weight excluding hydrogens is 386 g/mol. The van der Waals surface area contributed by atoms with E-state index in [0.29, 0.717) is 22.3 Å². The number of nitrogens with zero attached hydrogens (tertiary/aromatic N) is 1. The van der Waals surface area contributed by atoms with Crippen molar-refractivity contribution in [2.75, 3.05) is 14.2 Å². The van der Waals surface area contributed by atoms with Gasteiger partial charge < -0.3 is 14.1 Å². The molecule has 0 N–H and O–H groups in total. The Morgan fingerprint density at radius 2 is 1.92 bits per heavy atom. The fraction of sp³-hybridized carbons (Fsp3) is 0.158. The van der Waals surface area contributed by atoms with Gasteiger partial charge in [-0.2, -0.15) is 0 Å². The highest BCUT2D eigenvalue weighted by Gasteiger charge is 2.41. The summed E-state index contributed by atoms with van der Waals surface area (Å²) < 4.78 is 12.0. The third kappa shape index (κ3) is 2.28. The van der Waals surface area contributed by atoms with Gasteiger partial charge in [0.2, 0.25) is 5.76 Å². The summed E-state index contributed by atoms with van der Waals surface area (Å²) in [5.74, 6) is 0.403. The molecule has 0 fully saturated rings. The lowest BCUT2D eigenvalue weighted by Gasteiger charge is -2.22. The Bertz CT molecular complexity index is 1070. The predicted octanol–water partition coefficient (Wildman–Crippen LogP) is 3.74. The van der Waals surface area contributed by atoms with Crippen molar-refractivity contribution >= 4 is 32.8 Å². The number of rotatable bonds is 2. The van der Waals surface area contributed by atoms with E-state index in [-0.39, 0.29) is 17.1 Å². The third-order valence-corrected chi connectivity index (χ3v) is 4.99. The number of amides is 1. The Labute approximate surface area is 151 Å². The Morgan fingerprint density at radius 3 is 2.68 bits per heavy atom. The molecule has 1 aliphatic heterocycles. The van der Waals surface area contributed by atoms with Crippen molar-refractivity contribution in [1.29, 1.82) is 0 Å². The topological polar surface area (TPSA) is 59.8 Å². The van der Waals surface area contributed by atoms with Crippen LogP contribution in [0.4, 0.5) is 0 Å². The summed E-state index contributed by atoms with van der Waals surface area (Å²) in [6.45, 7) is 0. The van der Waals surface area contributed by atoms with Gasteiger partial charge in [-0.25, -0.2) is 0 Å². The molecule has 1 atom stereocenters. The maximum absolute atomic E-state index is 13.1. The first-order valence-electron chi connectivity index (χ1n) is 7.69. The van der Waals surface area contributed by atoms with Gasteiger partial charge in [0.05, 0.1) is 24.1 Å². The Hall–Kier alpha value is -2.60. The molecule has 5 nitrogen and oxygen atoms in total. The Morgan fingerprint density at radius 1 is 1.16 bits per heavy atom. The summed E-state index contributed by atoms with van der Waals surface area (Å²) in [7, 11) is 3.23. The van der Waals surface area contributed by atoms with Crippen LogP contribution in [-0.2, 0) is 0 Å². The van der Waals surface area contributed by atoms with Crippen LogP contribution in [0.25, 0.3) is 11.0 Å². The smallest absolute Gasteiger partial charge is 0.290 e. The number of halogens is 1. The fourth-order valence-electron chi connectivity index (χ4n) is 3.32. The van der Waals surface area contributed by atoms with Crippen LogP contribution in [0.1, 0.15) is 27.7 Å². The van der Waals surface area contributed by atoms with E-state index in [1.165, 1.54) is 4.90 Å². The average molecular weight is 400 g/mol. The number of carbonyl (C=O) groups is 1. The molecule has 3 aromatic rings. The first-order chi connectivity index (χ1) is 12.0. The van der Waals surface area contributed by atoms with E-state index in [4.69, 9.17) is 9.15 Å². The molecule has 0 aliphatic carbocycles. The highest BCUT2D eigenvalue weighted by atomic mass is 79.9. The van der Waals surface area contributed by atoms with E-state index >= 15 is 0 Å². The largest absolute Gasteiger partial charge is 0.496 e. The predicted molar refractivity (Wildman–Crippen MR) is 97.1 cm³/mol. The van der Waals surface area contributed by atoms with Crippen molar-refractivity contribution in [1.82, 2.24) is 4.90 Å². The molecule has 1 aliphatic rings. The van der Waals surface area contributed by atoms with Crippen molar-refractivity contribution in [3.63, 3.8) is 0 Å². The molecule has 6 heteroatoms. The molecule has 1 aromatic heterocycles. The molecule has 4 rings (SSSR count). The highest BCUT2D eigenvalue weighted by molar-refractivity contribution is 9.10. The van der Waals surface area contributed by atoms with Gasteiger partial charge in [0.15, 0.2) is 5.43 Å². The first-order valence-corrected chi connectivity index (χ1v) is 8.48. The van der Waals surface area contributed by atoms with Gasteiger partial charge in [-0.1, -0.05) is 34.1 Å². The van der Waals surface area contributed by atoms with E-state index in [1.807, 2.05) is 24.3 Å². The molecule has 2 aromatic carbocycles. The lowest BCUT2D eigenvalue weighted by molar-refractivity contribution is 0.0770. The van der Waals surface area contributed by atoms with Gasteiger partial charge in [0.25, 0.3) is 5.91 Å². The van der Waals surface area contributed by atoms with Crippen LogP contribution in [0.5, 0.6) is 5.75 Å². The van der Waals surface area contributed by atoms with Gasteiger partial charge in [-0.3, -0.25) is 9.59 Å². The van der Waals surface area contributed by atoms with Gasteiger partial charge in [-0.15, -0.1) is 0 Å². The molecule has 1 unspecified atom stereocenters. The van der Waals surface area contributed by atoms with Gasteiger partial charge >= 0.3 is 0 Å². The van der Waals surface area contributed by atoms with Crippen molar-refractivity contribution < 1.29 is 13.9 Å². The van der Waals surface area contributed by atoms with Crippen molar-refractivity contribution in [3.05, 3.63) is 74.0 Å². The normalized spacial score (nSPS) is 16.4. The SMILES string of the molecule is COc1ccccc1C1c2c(oc3ccc(Br)cc3c2=O)C(=O)N1C. The van der Waals surface area contributed by atoms with Crippen molar-refractivity contribution in [3.8, 4) is 5.75 Å². The fourth-order valence-corrected chi connectivity index (χ4v) is 3.68. The van der Waals surface area contributed by atoms with Crippen molar-refractivity contribution in [2.24, 2.45) is 0 Å². The summed E-state index contributed by atoms with van der Waals surface area (Å²) in [4.78, 5) is 27.3. The molecule has 2 heterocycles. The van der Waals surface area contributed by atoms with E-state index in [1.54, 1.807) is 32.4 Å². The zero-order valence-corrected chi connectivity index (χ0v) is 15.2. The number of methoxy groups -OCH3 is 1. The number of fused-ring (bicyclic) bond motifs is 2. The summed E-state index contributed by atoms with van der Waals surface area (Å²) in [6, 6.07) is 12.0. The summed E-state index contributed by atoms with van der Waals surface area (Å²) in [6.07, 6.45) is 0. The summed E-state index contributed by atoms with van der Waals surface area (Å²) in [5.41, 5.74) is 1.30. The van der Waals surface area contributed by atoms with Crippen LogP contribution in [0.2, 0.25) is 0 Å². The Balaban J connectivity index is 2.06. The first kappa shape index (κ1) is 15.9. The van der Waals surface area contributed by atoms with Crippen LogP contribution >= 0.6 is 15.9 Å². The number of para-hydroxylation sites is 1. The second-order valence-corrected chi connectivity index (χ2v) is 6.79. The molecule has 0 radical (unpaired) electrons. The van der Waals surface area contributed by atoms with Crippen LogP contribution in [0.3, 0.4) is 0 Å². The zero-order valence-electron chi connectivity index (χ0n) is 13.6. The number of hydrogen-bond donors (Lipinski definition) is 0. The van der Waals surface area contributed by atoms with Crippen LogP contribution < -0.4 is 10.2 Å². The molecule has 0 bridgehead atoms. The van der Waals surface area contributed by atoms with E-state index in [9.17, 15) is 9.59 Å². The quantitative estimate of drug-likeness (QED) is 0.658. The number of benzene rings is 2. The summed E-state index contributed by atoms with van der Waals surface area (Å²) >= 11 is 3.38. The molecule has 0 saturated heterocycles. The summed E-state index contributed by atoms with van der Waals surface area (Å²) in [5, 5.41) is 0.441. The van der Waals surface area contributed by atoms with E-state index in [0.717, 1.165) is 10.0 Å². The van der Waals surface area contributed by atoms with Gasteiger partial charge in [-0.05, 0) is 24.3 Å². The number of ether oxygens (including phenoxy) is 1. The third-order valence-electron chi connectivity index (χ3n) is 4.50. The molecule has 0 saturated carbocycles. The Kier molecular flexibility index (Phi) is 3.65. The minimum atomic E-state index is -0.543. The second kappa shape index (κ2) is 5.74.